The van der Waals surface area contributed by atoms with E-state index in [2.05, 4.69) is 31.1 Å². The summed E-state index contributed by atoms with van der Waals surface area (Å²) in [5.41, 5.74) is 4.75. The zero-order valence-electron chi connectivity index (χ0n) is 21.3. The summed E-state index contributed by atoms with van der Waals surface area (Å²) in [6.07, 6.45) is 0. The van der Waals surface area contributed by atoms with E-state index in [1.807, 2.05) is 60.7 Å². The van der Waals surface area contributed by atoms with Gasteiger partial charge in [-0.05, 0) is 91.0 Å². The van der Waals surface area contributed by atoms with Gasteiger partial charge in [0.25, 0.3) is 11.8 Å². The maximum absolute atomic E-state index is 12.8. The van der Waals surface area contributed by atoms with Crippen LogP contribution in [0.15, 0.2) is 154 Å². The number of rotatable bonds is 8. The number of azo groups is 2. The first-order valence-corrected chi connectivity index (χ1v) is 12.5. The summed E-state index contributed by atoms with van der Waals surface area (Å²) >= 11 is 0. The highest BCUT2D eigenvalue weighted by Gasteiger charge is 2.11. The van der Waals surface area contributed by atoms with E-state index in [0.717, 1.165) is 11.4 Å². The van der Waals surface area contributed by atoms with Crippen LogP contribution in [0.4, 0.5) is 34.1 Å². The van der Waals surface area contributed by atoms with Crippen LogP contribution in [0.1, 0.15) is 20.7 Å². The quantitative estimate of drug-likeness (QED) is 0.198. The lowest BCUT2D eigenvalue weighted by molar-refractivity contribution is 0.102. The van der Waals surface area contributed by atoms with Crippen LogP contribution in [-0.4, -0.2) is 11.8 Å². The molecular weight excluding hydrogens is 500 g/mol. The third-order valence-corrected chi connectivity index (χ3v) is 5.71. The first kappa shape index (κ1) is 25.9. The van der Waals surface area contributed by atoms with Crippen molar-refractivity contribution in [3.8, 4) is 0 Å². The zero-order chi connectivity index (χ0) is 27.6. The lowest BCUT2D eigenvalue weighted by Gasteiger charge is -2.08. The van der Waals surface area contributed by atoms with E-state index in [0.29, 0.717) is 33.9 Å². The van der Waals surface area contributed by atoms with E-state index >= 15 is 0 Å². The summed E-state index contributed by atoms with van der Waals surface area (Å²) < 4.78 is 0. The number of carbonyl (C=O) groups is 2. The van der Waals surface area contributed by atoms with E-state index in [1.54, 1.807) is 72.8 Å². The topological polar surface area (TPSA) is 108 Å². The van der Waals surface area contributed by atoms with Crippen LogP contribution >= 0.6 is 0 Å². The van der Waals surface area contributed by atoms with Crippen LogP contribution in [0, 0.1) is 0 Å². The average molecular weight is 525 g/mol. The van der Waals surface area contributed by atoms with E-state index in [4.69, 9.17) is 0 Å². The van der Waals surface area contributed by atoms with Crippen molar-refractivity contribution in [1.29, 1.82) is 0 Å². The molecule has 0 bridgehead atoms. The minimum Gasteiger partial charge on any atom is -0.322 e. The van der Waals surface area contributed by atoms with E-state index < -0.39 is 0 Å². The summed E-state index contributed by atoms with van der Waals surface area (Å²) in [6.45, 7) is 0. The maximum atomic E-state index is 12.8. The molecular formula is C32H24N6O2. The van der Waals surface area contributed by atoms with Gasteiger partial charge < -0.3 is 10.6 Å². The van der Waals surface area contributed by atoms with Crippen molar-refractivity contribution in [2.45, 2.75) is 0 Å². The highest BCUT2D eigenvalue weighted by atomic mass is 16.2. The molecule has 0 aliphatic rings. The molecule has 2 amide bonds. The predicted molar refractivity (Wildman–Crippen MR) is 156 cm³/mol. The smallest absolute Gasteiger partial charge is 0.255 e. The van der Waals surface area contributed by atoms with Crippen LogP contribution in [0.5, 0.6) is 0 Å². The van der Waals surface area contributed by atoms with Gasteiger partial charge in [0.1, 0.15) is 0 Å². The maximum Gasteiger partial charge on any atom is 0.255 e. The zero-order valence-corrected chi connectivity index (χ0v) is 21.3. The Labute approximate surface area is 231 Å². The molecule has 5 rings (SSSR count). The standard InChI is InChI=1S/C32H24N6O2/c39-31(33-25-14-18-29(19-15-25)37-35-27-10-3-1-4-11-27)23-8-7-9-24(22-23)32(40)34-26-16-20-30(21-17-26)38-36-28-12-5-2-6-13-28/h1-22H,(H,33,39)(H,34,40)/b37-35+,38-36+. The normalized spacial score (nSPS) is 11.0. The third-order valence-electron chi connectivity index (χ3n) is 5.71. The highest BCUT2D eigenvalue weighted by molar-refractivity contribution is 6.08. The van der Waals surface area contributed by atoms with Crippen LogP contribution in [-0.2, 0) is 0 Å². The van der Waals surface area contributed by atoms with Gasteiger partial charge in [-0.3, -0.25) is 9.59 Å². The molecule has 5 aromatic rings. The molecule has 40 heavy (non-hydrogen) atoms. The van der Waals surface area contributed by atoms with Crippen LogP contribution in [0.3, 0.4) is 0 Å². The number of anilines is 2. The molecule has 194 valence electrons. The molecule has 0 heterocycles. The van der Waals surface area contributed by atoms with Gasteiger partial charge in [0.2, 0.25) is 0 Å². The van der Waals surface area contributed by atoms with Crippen molar-refractivity contribution in [1.82, 2.24) is 0 Å². The summed E-state index contributed by atoms with van der Waals surface area (Å²) in [5.74, 6) is -0.664. The summed E-state index contributed by atoms with van der Waals surface area (Å²) in [6, 6.07) is 39.4. The number of benzene rings is 5. The van der Waals surface area contributed by atoms with Crippen molar-refractivity contribution < 1.29 is 9.59 Å². The van der Waals surface area contributed by atoms with Crippen LogP contribution in [0.25, 0.3) is 0 Å². The number of nitrogens with one attached hydrogen (secondary N) is 2. The number of carbonyl (C=O) groups excluding carboxylic acids is 2. The molecule has 0 radical (unpaired) electrons. The third kappa shape index (κ3) is 7.17. The van der Waals surface area contributed by atoms with Gasteiger partial charge in [0.05, 0.1) is 22.7 Å². The molecule has 0 saturated carbocycles. The molecule has 2 N–H and O–H groups in total. The van der Waals surface area contributed by atoms with Crippen LogP contribution in [0.2, 0.25) is 0 Å². The Balaban J connectivity index is 1.18. The Morgan fingerprint density at radius 1 is 0.400 bits per heavy atom. The molecule has 0 atom stereocenters. The van der Waals surface area contributed by atoms with E-state index in [-0.39, 0.29) is 11.8 Å². The minimum absolute atomic E-state index is 0.332. The van der Waals surface area contributed by atoms with Crippen molar-refractivity contribution in [2.75, 3.05) is 10.6 Å². The van der Waals surface area contributed by atoms with Crippen molar-refractivity contribution in [3.05, 3.63) is 145 Å². The van der Waals surface area contributed by atoms with Crippen molar-refractivity contribution in [2.24, 2.45) is 20.5 Å². The van der Waals surface area contributed by atoms with Gasteiger partial charge in [-0.15, -0.1) is 0 Å². The number of hydrogen-bond acceptors (Lipinski definition) is 6. The molecule has 0 aliphatic carbocycles. The lowest BCUT2D eigenvalue weighted by atomic mass is 10.1. The number of amides is 2. The monoisotopic (exact) mass is 524 g/mol. The predicted octanol–water partition coefficient (Wildman–Crippen LogP) is 9.02. The van der Waals surface area contributed by atoms with E-state index in [9.17, 15) is 9.59 Å². The number of hydrogen-bond donors (Lipinski definition) is 2. The minimum atomic E-state index is -0.332. The van der Waals surface area contributed by atoms with Crippen molar-refractivity contribution in [3.63, 3.8) is 0 Å². The molecule has 0 saturated heterocycles. The summed E-state index contributed by atoms with van der Waals surface area (Å²) in [4.78, 5) is 25.7. The molecule has 0 fully saturated rings. The van der Waals surface area contributed by atoms with Gasteiger partial charge in [0.15, 0.2) is 0 Å². The average Bonchev–Trinajstić information content (AvgIpc) is 3.01. The highest BCUT2D eigenvalue weighted by Crippen LogP contribution is 2.22. The second kappa shape index (κ2) is 12.7. The first-order chi connectivity index (χ1) is 19.6. The Kier molecular flexibility index (Phi) is 8.19. The molecule has 8 heteroatoms. The lowest BCUT2D eigenvalue weighted by Crippen LogP contribution is -2.15. The molecule has 8 nitrogen and oxygen atoms in total. The molecule has 0 aliphatic heterocycles. The molecule has 0 spiro atoms. The van der Waals surface area contributed by atoms with Gasteiger partial charge in [-0.25, -0.2) is 0 Å². The first-order valence-electron chi connectivity index (χ1n) is 12.5. The summed E-state index contributed by atoms with van der Waals surface area (Å²) in [7, 11) is 0. The van der Waals surface area contributed by atoms with Gasteiger partial charge >= 0.3 is 0 Å². The SMILES string of the molecule is O=C(Nc1ccc(/N=N/c2ccccc2)cc1)c1cccc(C(=O)Nc2ccc(/N=N/c3ccccc3)cc2)c1. The van der Waals surface area contributed by atoms with Crippen LogP contribution < -0.4 is 10.6 Å². The Morgan fingerprint density at radius 2 is 0.750 bits per heavy atom. The molecule has 5 aromatic carbocycles. The summed E-state index contributed by atoms with van der Waals surface area (Å²) in [5, 5.41) is 22.5. The largest absolute Gasteiger partial charge is 0.322 e. The Morgan fingerprint density at radius 3 is 1.12 bits per heavy atom. The second-order valence-electron chi connectivity index (χ2n) is 8.65. The number of nitrogens with zero attached hydrogens (tertiary/aromatic N) is 4. The fourth-order valence-corrected chi connectivity index (χ4v) is 3.65. The fourth-order valence-electron chi connectivity index (χ4n) is 3.65. The van der Waals surface area contributed by atoms with Gasteiger partial charge in [0, 0.05) is 22.5 Å². The Hall–Kier alpha value is -5.76. The van der Waals surface area contributed by atoms with Crippen molar-refractivity contribution >= 4 is 45.9 Å². The molecule has 0 aromatic heterocycles. The molecule has 0 unspecified atom stereocenters. The van der Waals surface area contributed by atoms with Gasteiger partial charge in [-0.2, -0.15) is 20.5 Å². The van der Waals surface area contributed by atoms with E-state index in [1.165, 1.54) is 0 Å². The fraction of sp³-hybridized carbons (Fsp3) is 0. The second-order valence-corrected chi connectivity index (χ2v) is 8.65. The Bertz CT molecular complexity index is 1530. The van der Waals surface area contributed by atoms with Gasteiger partial charge in [-0.1, -0.05) is 42.5 Å².